The fraction of sp³-hybridized carbons (Fsp3) is 0.600. The molecule has 1 fully saturated rings. The first-order chi connectivity index (χ1) is 9.38. The first-order valence-electron chi connectivity index (χ1n) is 7.03. The Kier molecular flexibility index (Phi) is 4.28. The quantitative estimate of drug-likeness (QED) is 0.850. The van der Waals surface area contributed by atoms with E-state index < -0.39 is 0 Å². The second-order valence-corrected chi connectivity index (χ2v) is 6.17. The minimum atomic E-state index is -0.133. The molecule has 1 aromatic heterocycles. The fourth-order valence-corrected chi connectivity index (χ4v) is 2.19. The van der Waals surface area contributed by atoms with Gasteiger partial charge in [-0.3, -0.25) is 4.79 Å². The number of nitrogen functional groups attached to an aromatic ring is 1. The molecular formula is C15H23N3O2. The lowest BCUT2D eigenvalue weighted by atomic mass is 9.90. The topological polar surface area (TPSA) is 68.5 Å². The van der Waals surface area contributed by atoms with Gasteiger partial charge >= 0.3 is 0 Å². The maximum atomic E-state index is 12.6. The van der Waals surface area contributed by atoms with Gasteiger partial charge in [-0.15, -0.1) is 0 Å². The fourth-order valence-electron chi connectivity index (χ4n) is 2.19. The third-order valence-corrected chi connectivity index (χ3v) is 3.37. The van der Waals surface area contributed by atoms with Gasteiger partial charge in [0.1, 0.15) is 5.82 Å². The van der Waals surface area contributed by atoms with E-state index in [1.54, 1.807) is 6.07 Å². The average molecular weight is 277 g/mol. The number of carbonyl (C=O) groups excluding carboxylic acids is 1. The zero-order valence-corrected chi connectivity index (χ0v) is 12.5. The van der Waals surface area contributed by atoms with Gasteiger partial charge in [-0.2, -0.15) is 0 Å². The molecule has 20 heavy (non-hydrogen) atoms. The summed E-state index contributed by atoms with van der Waals surface area (Å²) in [5.41, 5.74) is 7.17. The predicted molar refractivity (Wildman–Crippen MR) is 78.7 cm³/mol. The van der Waals surface area contributed by atoms with Crippen LogP contribution >= 0.6 is 0 Å². The van der Waals surface area contributed by atoms with Crippen LogP contribution < -0.4 is 5.73 Å². The molecule has 5 nitrogen and oxygen atoms in total. The summed E-state index contributed by atoms with van der Waals surface area (Å²) in [5, 5.41) is 0. The zero-order valence-electron chi connectivity index (χ0n) is 12.5. The summed E-state index contributed by atoms with van der Waals surface area (Å²) in [4.78, 5) is 18.7. The molecule has 0 bridgehead atoms. The first-order valence-corrected chi connectivity index (χ1v) is 7.03. The number of amides is 1. The van der Waals surface area contributed by atoms with Gasteiger partial charge in [0, 0.05) is 36.4 Å². The van der Waals surface area contributed by atoms with Crippen molar-refractivity contribution in [3.8, 4) is 0 Å². The molecule has 2 N–H and O–H groups in total. The number of ether oxygens (including phenoxy) is 1. The van der Waals surface area contributed by atoms with Crippen molar-refractivity contribution in [3.63, 3.8) is 0 Å². The van der Waals surface area contributed by atoms with Crippen molar-refractivity contribution in [3.05, 3.63) is 23.4 Å². The van der Waals surface area contributed by atoms with Gasteiger partial charge < -0.3 is 15.4 Å². The molecule has 1 amide bonds. The third kappa shape index (κ3) is 3.48. The van der Waals surface area contributed by atoms with Gasteiger partial charge in [0.25, 0.3) is 5.91 Å². The van der Waals surface area contributed by atoms with Crippen molar-refractivity contribution in [2.24, 2.45) is 0 Å². The SMILES string of the molecule is CC(C)(C)c1cc(C(=O)N2CCCOCC2)cc(N)n1. The second-order valence-electron chi connectivity index (χ2n) is 6.17. The number of rotatable bonds is 1. The van der Waals surface area contributed by atoms with Crippen molar-refractivity contribution in [2.45, 2.75) is 32.6 Å². The number of hydrogen-bond donors (Lipinski definition) is 1. The molecule has 0 aromatic carbocycles. The van der Waals surface area contributed by atoms with E-state index in [1.165, 1.54) is 0 Å². The summed E-state index contributed by atoms with van der Waals surface area (Å²) in [7, 11) is 0. The van der Waals surface area contributed by atoms with Crippen LogP contribution in [0.5, 0.6) is 0 Å². The van der Waals surface area contributed by atoms with Crippen LogP contribution in [0.2, 0.25) is 0 Å². The Morgan fingerprint density at radius 1 is 1.30 bits per heavy atom. The number of anilines is 1. The van der Waals surface area contributed by atoms with Crippen molar-refractivity contribution >= 4 is 11.7 Å². The van der Waals surface area contributed by atoms with Crippen molar-refractivity contribution < 1.29 is 9.53 Å². The summed E-state index contributed by atoms with van der Waals surface area (Å²) in [6, 6.07) is 3.51. The van der Waals surface area contributed by atoms with Crippen molar-refractivity contribution in [2.75, 3.05) is 32.0 Å². The third-order valence-electron chi connectivity index (χ3n) is 3.37. The van der Waals surface area contributed by atoms with E-state index in [2.05, 4.69) is 25.8 Å². The summed E-state index contributed by atoms with van der Waals surface area (Å²) in [5.74, 6) is 0.405. The van der Waals surface area contributed by atoms with Crippen LogP contribution in [0, 0.1) is 0 Å². The number of nitrogens with zero attached hydrogens (tertiary/aromatic N) is 2. The minimum absolute atomic E-state index is 0.00935. The van der Waals surface area contributed by atoms with E-state index >= 15 is 0 Å². The second kappa shape index (κ2) is 5.79. The standard InChI is InChI=1S/C15H23N3O2/c1-15(2,3)12-9-11(10-13(16)17-12)14(19)18-5-4-7-20-8-6-18/h9-10H,4-8H2,1-3H3,(H2,16,17). The van der Waals surface area contributed by atoms with Crippen LogP contribution in [0.15, 0.2) is 12.1 Å². The largest absolute Gasteiger partial charge is 0.384 e. The van der Waals surface area contributed by atoms with Gasteiger partial charge in [-0.1, -0.05) is 20.8 Å². The highest BCUT2D eigenvalue weighted by Gasteiger charge is 2.22. The normalized spacial score (nSPS) is 16.9. The van der Waals surface area contributed by atoms with E-state index in [-0.39, 0.29) is 11.3 Å². The maximum absolute atomic E-state index is 12.6. The Morgan fingerprint density at radius 3 is 2.75 bits per heavy atom. The summed E-state index contributed by atoms with van der Waals surface area (Å²) in [6.07, 6.45) is 0.873. The van der Waals surface area contributed by atoms with Crippen LogP contribution in [0.1, 0.15) is 43.2 Å². The first kappa shape index (κ1) is 14.8. The van der Waals surface area contributed by atoms with Gasteiger partial charge in [-0.05, 0) is 18.6 Å². The van der Waals surface area contributed by atoms with Gasteiger partial charge in [-0.25, -0.2) is 4.98 Å². The minimum Gasteiger partial charge on any atom is -0.384 e. The molecule has 110 valence electrons. The molecule has 0 atom stereocenters. The smallest absolute Gasteiger partial charge is 0.254 e. The molecule has 1 aromatic rings. The molecule has 0 unspecified atom stereocenters. The van der Waals surface area contributed by atoms with Crippen molar-refractivity contribution in [1.82, 2.24) is 9.88 Å². The predicted octanol–water partition coefficient (Wildman–Crippen LogP) is 1.82. The van der Waals surface area contributed by atoms with Crippen molar-refractivity contribution in [1.29, 1.82) is 0 Å². The highest BCUT2D eigenvalue weighted by Crippen LogP contribution is 2.23. The molecule has 1 aliphatic rings. The van der Waals surface area contributed by atoms with Crippen LogP contribution in [-0.2, 0) is 10.2 Å². The molecule has 5 heteroatoms. The lowest BCUT2D eigenvalue weighted by Gasteiger charge is -2.22. The molecule has 0 spiro atoms. The number of carbonyl (C=O) groups is 1. The molecule has 1 aliphatic heterocycles. The number of nitrogens with two attached hydrogens (primary N) is 1. The highest BCUT2D eigenvalue weighted by atomic mass is 16.5. The highest BCUT2D eigenvalue weighted by molar-refractivity contribution is 5.95. The molecule has 0 aliphatic carbocycles. The zero-order chi connectivity index (χ0) is 14.8. The van der Waals surface area contributed by atoms with Crippen LogP contribution in [0.4, 0.5) is 5.82 Å². The monoisotopic (exact) mass is 277 g/mol. The molecule has 0 radical (unpaired) electrons. The van der Waals surface area contributed by atoms with E-state index in [0.29, 0.717) is 24.5 Å². The van der Waals surface area contributed by atoms with E-state index in [9.17, 15) is 4.79 Å². The van der Waals surface area contributed by atoms with Crippen LogP contribution in [0.25, 0.3) is 0 Å². The molecule has 2 rings (SSSR count). The maximum Gasteiger partial charge on any atom is 0.254 e. The Morgan fingerprint density at radius 2 is 2.05 bits per heavy atom. The summed E-state index contributed by atoms with van der Waals surface area (Å²) in [6.45, 7) is 8.85. The average Bonchev–Trinajstić information content (AvgIpc) is 2.65. The lowest BCUT2D eigenvalue weighted by molar-refractivity contribution is 0.0741. The molecule has 2 heterocycles. The summed E-state index contributed by atoms with van der Waals surface area (Å²) < 4.78 is 5.38. The summed E-state index contributed by atoms with van der Waals surface area (Å²) >= 11 is 0. The number of hydrogen-bond acceptors (Lipinski definition) is 4. The number of aromatic nitrogens is 1. The molecule has 1 saturated heterocycles. The van der Waals surface area contributed by atoms with Gasteiger partial charge in [0.15, 0.2) is 0 Å². The Labute approximate surface area is 120 Å². The lowest BCUT2D eigenvalue weighted by Crippen LogP contribution is -2.33. The Bertz CT molecular complexity index is 486. The molecular weight excluding hydrogens is 254 g/mol. The van der Waals surface area contributed by atoms with Gasteiger partial charge in [0.2, 0.25) is 0 Å². The van der Waals surface area contributed by atoms with E-state index in [0.717, 1.165) is 25.3 Å². The van der Waals surface area contributed by atoms with Gasteiger partial charge in [0.05, 0.1) is 6.61 Å². The number of pyridine rings is 1. The van der Waals surface area contributed by atoms with Crippen LogP contribution in [0.3, 0.4) is 0 Å². The van der Waals surface area contributed by atoms with E-state index in [4.69, 9.17) is 10.5 Å². The van der Waals surface area contributed by atoms with E-state index in [1.807, 2.05) is 11.0 Å². The van der Waals surface area contributed by atoms with Crippen LogP contribution in [-0.4, -0.2) is 42.1 Å². The molecule has 0 saturated carbocycles. The Balaban J connectivity index is 2.27. The Hall–Kier alpha value is -1.62.